The van der Waals surface area contributed by atoms with Gasteiger partial charge in [0.15, 0.2) is 0 Å². The Balaban J connectivity index is 3.15. The summed E-state index contributed by atoms with van der Waals surface area (Å²) < 4.78 is 4.90. The molecule has 0 radical (unpaired) electrons. The van der Waals surface area contributed by atoms with Crippen LogP contribution < -0.4 is 0 Å². The largest absolute Gasteiger partial charge is 0.385 e. The Morgan fingerprint density at radius 2 is 2.09 bits per heavy atom. The zero-order valence-corrected chi connectivity index (χ0v) is 7.12. The summed E-state index contributed by atoms with van der Waals surface area (Å²) in [6.45, 7) is 4.41. The SMILES string of the molecule is C=C/C=C\C=C/CCCOC. The van der Waals surface area contributed by atoms with Gasteiger partial charge in [-0.1, -0.05) is 37.0 Å². The standard InChI is InChI=1S/C10H16O/c1-3-4-5-6-7-8-9-10-11-2/h3-7H,1,8-10H2,2H3/b5-4-,7-6-. The van der Waals surface area contributed by atoms with Crippen molar-refractivity contribution in [1.29, 1.82) is 0 Å². The molecule has 0 unspecified atom stereocenters. The minimum Gasteiger partial charge on any atom is -0.385 e. The third-order valence-electron chi connectivity index (χ3n) is 1.21. The van der Waals surface area contributed by atoms with Gasteiger partial charge in [0, 0.05) is 13.7 Å². The molecule has 0 rings (SSSR count). The molecule has 0 bridgehead atoms. The smallest absolute Gasteiger partial charge is 0.0465 e. The van der Waals surface area contributed by atoms with Gasteiger partial charge < -0.3 is 4.74 Å². The van der Waals surface area contributed by atoms with Crippen molar-refractivity contribution in [1.82, 2.24) is 0 Å². The van der Waals surface area contributed by atoms with E-state index in [0.717, 1.165) is 19.4 Å². The van der Waals surface area contributed by atoms with Crippen molar-refractivity contribution in [2.45, 2.75) is 12.8 Å². The van der Waals surface area contributed by atoms with Crippen molar-refractivity contribution in [2.75, 3.05) is 13.7 Å². The lowest BCUT2D eigenvalue weighted by molar-refractivity contribution is 0.196. The first-order chi connectivity index (χ1) is 5.41. The topological polar surface area (TPSA) is 9.23 Å². The summed E-state index contributed by atoms with van der Waals surface area (Å²) >= 11 is 0. The first kappa shape index (κ1) is 10.2. The van der Waals surface area contributed by atoms with Crippen molar-refractivity contribution in [2.24, 2.45) is 0 Å². The second-order valence-electron chi connectivity index (χ2n) is 2.18. The fourth-order valence-electron chi connectivity index (χ4n) is 0.663. The van der Waals surface area contributed by atoms with Gasteiger partial charge >= 0.3 is 0 Å². The zero-order valence-electron chi connectivity index (χ0n) is 7.12. The average molecular weight is 152 g/mol. The van der Waals surface area contributed by atoms with Gasteiger partial charge in [-0.15, -0.1) is 0 Å². The minimum atomic E-state index is 0.843. The van der Waals surface area contributed by atoms with Crippen molar-refractivity contribution in [3.8, 4) is 0 Å². The molecule has 1 nitrogen and oxygen atoms in total. The molecule has 0 aliphatic heterocycles. The van der Waals surface area contributed by atoms with Crippen molar-refractivity contribution >= 4 is 0 Å². The van der Waals surface area contributed by atoms with Crippen LogP contribution in [0.5, 0.6) is 0 Å². The van der Waals surface area contributed by atoms with Crippen LogP contribution in [0.15, 0.2) is 37.0 Å². The Kier molecular flexibility index (Phi) is 8.50. The number of rotatable bonds is 6. The van der Waals surface area contributed by atoms with Gasteiger partial charge in [0.2, 0.25) is 0 Å². The average Bonchev–Trinajstić information content (AvgIpc) is 2.03. The third-order valence-corrected chi connectivity index (χ3v) is 1.21. The van der Waals surface area contributed by atoms with Crippen LogP contribution in [-0.2, 0) is 4.74 Å². The maximum absolute atomic E-state index is 4.90. The molecule has 0 spiro atoms. The van der Waals surface area contributed by atoms with E-state index in [9.17, 15) is 0 Å². The number of ether oxygens (including phenoxy) is 1. The van der Waals surface area contributed by atoms with Crippen LogP contribution in [0.25, 0.3) is 0 Å². The summed E-state index contributed by atoms with van der Waals surface area (Å²) in [5.41, 5.74) is 0. The van der Waals surface area contributed by atoms with E-state index in [1.54, 1.807) is 13.2 Å². The summed E-state index contributed by atoms with van der Waals surface area (Å²) in [6, 6.07) is 0. The quantitative estimate of drug-likeness (QED) is 0.420. The molecule has 0 aliphatic rings. The molecule has 0 heterocycles. The van der Waals surface area contributed by atoms with Gasteiger partial charge in [0.05, 0.1) is 0 Å². The summed E-state index contributed by atoms with van der Waals surface area (Å²) in [5, 5.41) is 0. The normalized spacial score (nSPS) is 11.4. The Labute approximate surface area is 69.1 Å². The van der Waals surface area contributed by atoms with Crippen LogP contribution in [-0.4, -0.2) is 13.7 Å². The molecule has 0 aliphatic carbocycles. The number of allylic oxidation sites excluding steroid dienone is 5. The Bertz CT molecular complexity index is 134. The van der Waals surface area contributed by atoms with Gasteiger partial charge in [-0.2, -0.15) is 0 Å². The fourth-order valence-corrected chi connectivity index (χ4v) is 0.663. The van der Waals surface area contributed by atoms with E-state index in [1.165, 1.54) is 0 Å². The van der Waals surface area contributed by atoms with Crippen LogP contribution in [0, 0.1) is 0 Å². The lowest BCUT2D eigenvalue weighted by Crippen LogP contribution is -1.85. The number of methoxy groups -OCH3 is 1. The predicted molar refractivity (Wildman–Crippen MR) is 49.6 cm³/mol. The van der Waals surface area contributed by atoms with Gasteiger partial charge in [-0.05, 0) is 12.8 Å². The Hall–Kier alpha value is -0.820. The highest BCUT2D eigenvalue weighted by Crippen LogP contribution is 1.91. The van der Waals surface area contributed by atoms with Crippen LogP contribution >= 0.6 is 0 Å². The molecule has 11 heavy (non-hydrogen) atoms. The number of unbranched alkanes of at least 4 members (excludes halogenated alkanes) is 1. The van der Waals surface area contributed by atoms with Gasteiger partial charge in [-0.3, -0.25) is 0 Å². The lowest BCUT2D eigenvalue weighted by atomic mass is 10.3. The monoisotopic (exact) mass is 152 g/mol. The van der Waals surface area contributed by atoms with E-state index in [1.807, 2.05) is 18.2 Å². The molecule has 0 amide bonds. The Morgan fingerprint density at radius 1 is 1.27 bits per heavy atom. The summed E-state index contributed by atoms with van der Waals surface area (Å²) in [7, 11) is 1.72. The number of hydrogen-bond donors (Lipinski definition) is 0. The third kappa shape index (κ3) is 9.18. The van der Waals surface area contributed by atoms with E-state index >= 15 is 0 Å². The maximum Gasteiger partial charge on any atom is 0.0465 e. The molecule has 0 fully saturated rings. The summed E-state index contributed by atoms with van der Waals surface area (Å²) in [4.78, 5) is 0. The second kappa shape index (κ2) is 9.18. The molecule has 0 atom stereocenters. The molecule has 0 aromatic rings. The van der Waals surface area contributed by atoms with E-state index in [4.69, 9.17) is 4.74 Å². The highest BCUT2D eigenvalue weighted by Gasteiger charge is 1.78. The van der Waals surface area contributed by atoms with Crippen molar-refractivity contribution < 1.29 is 4.74 Å². The molecule has 0 aromatic carbocycles. The molecule has 0 saturated carbocycles. The van der Waals surface area contributed by atoms with Gasteiger partial charge in [0.1, 0.15) is 0 Å². The lowest BCUT2D eigenvalue weighted by Gasteiger charge is -1.91. The number of hydrogen-bond acceptors (Lipinski definition) is 1. The first-order valence-electron chi connectivity index (χ1n) is 3.85. The van der Waals surface area contributed by atoms with Crippen LogP contribution in [0.2, 0.25) is 0 Å². The van der Waals surface area contributed by atoms with E-state index < -0.39 is 0 Å². The van der Waals surface area contributed by atoms with E-state index in [-0.39, 0.29) is 0 Å². The van der Waals surface area contributed by atoms with Crippen LogP contribution in [0.4, 0.5) is 0 Å². The highest BCUT2D eigenvalue weighted by molar-refractivity contribution is 5.08. The molecule has 1 heteroatoms. The van der Waals surface area contributed by atoms with E-state index in [0.29, 0.717) is 0 Å². The molecular formula is C10H16O. The minimum absolute atomic E-state index is 0.843. The zero-order chi connectivity index (χ0) is 8.36. The molecular weight excluding hydrogens is 136 g/mol. The fraction of sp³-hybridized carbons (Fsp3) is 0.400. The van der Waals surface area contributed by atoms with Crippen LogP contribution in [0.3, 0.4) is 0 Å². The molecule has 0 aromatic heterocycles. The summed E-state index contributed by atoms with van der Waals surface area (Å²) in [6.07, 6.45) is 12.0. The predicted octanol–water partition coefficient (Wildman–Crippen LogP) is 2.71. The Morgan fingerprint density at radius 3 is 2.73 bits per heavy atom. The maximum atomic E-state index is 4.90. The second-order valence-corrected chi connectivity index (χ2v) is 2.18. The highest BCUT2D eigenvalue weighted by atomic mass is 16.5. The summed E-state index contributed by atoms with van der Waals surface area (Å²) in [5.74, 6) is 0. The molecule has 62 valence electrons. The van der Waals surface area contributed by atoms with Crippen molar-refractivity contribution in [3.05, 3.63) is 37.0 Å². The van der Waals surface area contributed by atoms with Gasteiger partial charge in [0.25, 0.3) is 0 Å². The van der Waals surface area contributed by atoms with Crippen LogP contribution in [0.1, 0.15) is 12.8 Å². The van der Waals surface area contributed by atoms with Crippen molar-refractivity contribution in [3.63, 3.8) is 0 Å². The van der Waals surface area contributed by atoms with Gasteiger partial charge in [-0.25, -0.2) is 0 Å². The first-order valence-corrected chi connectivity index (χ1v) is 3.85. The van der Waals surface area contributed by atoms with E-state index in [2.05, 4.69) is 12.7 Å². The molecule has 0 saturated heterocycles. The molecule has 0 N–H and O–H groups in total.